The van der Waals surface area contributed by atoms with E-state index in [9.17, 15) is 4.79 Å². The number of carbonyl (C=O) groups excluding carboxylic acids is 1. The van der Waals surface area contributed by atoms with Crippen molar-refractivity contribution in [3.05, 3.63) is 29.8 Å². The number of hydrogen-bond donors (Lipinski definition) is 0. The van der Waals surface area contributed by atoms with Crippen molar-refractivity contribution in [3.63, 3.8) is 0 Å². The van der Waals surface area contributed by atoms with E-state index in [1.165, 1.54) is 5.56 Å². The number of likely N-dealkylation sites (tertiary alicyclic amines) is 1. The Morgan fingerprint density at radius 3 is 2.70 bits per heavy atom. The second kappa shape index (κ2) is 7.32. The van der Waals surface area contributed by atoms with Gasteiger partial charge in [0, 0.05) is 32.4 Å². The van der Waals surface area contributed by atoms with Crippen molar-refractivity contribution in [2.75, 3.05) is 13.1 Å². The van der Waals surface area contributed by atoms with Gasteiger partial charge in [-0.1, -0.05) is 26.0 Å². The third-order valence-electron chi connectivity index (χ3n) is 3.87. The smallest absolute Gasteiger partial charge is 0.222 e. The molecule has 3 nitrogen and oxygen atoms in total. The average Bonchev–Trinajstić information content (AvgIpc) is 2.48. The highest BCUT2D eigenvalue weighted by atomic mass is 16.5. The molecule has 0 bridgehead atoms. The summed E-state index contributed by atoms with van der Waals surface area (Å²) in [4.78, 5) is 13.8. The fraction of sp³-hybridized carbons (Fsp3) is 0.588. The van der Waals surface area contributed by atoms with E-state index in [0.29, 0.717) is 12.3 Å². The maximum Gasteiger partial charge on any atom is 0.222 e. The molecule has 1 fully saturated rings. The molecule has 0 atom stereocenters. The molecule has 0 N–H and O–H groups in total. The second-order valence-corrected chi connectivity index (χ2v) is 5.45. The molecule has 1 amide bonds. The van der Waals surface area contributed by atoms with Gasteiger partial charge in [-0.05, 0) is 30.5 Å². The van der Waals surface area contributed by atoms with Gasteiger partial charge >= 0.3 is 0 Å². The summed E-state index contributed by atoms with van der Waals surface area (Å²) in [5.41, 5.74) is 1.30. The molecule has 1 aromatic rings. The molecule has 1 aromatic carbocycles. The van der Waals surface area contributed by atoms with E-state index in [4.69, 9.17) is 4.74 Å². The van der Waals surface area contributed by atoms with Crippen LogP contribution in [0.2, 0.25) is 0 Å². The molecular weight excluding hydrogens is 250 g/mol. The summed E-state index contributed by atoms with van der Waals surface area (Å²) in [6, 6.07) is 8.31. The first-order chi connectivity index (χ1) is 9.72. The number of carbonyl (C=O) groups is 1. The van der Waals surface area contributed by atoms with E-state index in [1.54, 1.807) is 0 Å². The van der Waals surface area contributed by atoms with Crippen LogP contribution in [0.25, 0.3) is 0 Å². The molecule has 1 heterocycles. The molecule has 1 aliphatic heterocycles. The van der Waals surface area contributed by atoms with Crippen LogP contribution in [0.4, 0.5) is 0 Å². The lowest BCUT2D eigenvalue weighted by molar-refractivity contribution is -0.133. The Balaban J connectivity index is 1.83. The Bertz CT molecular complexity index is 436. The van der Waals surface area contributed by atoms with Crippen molar-refractivity contribution in [3.8, 4) is 5.75 Å². The maximum atomic E-state index is 11.8. The van der Waals surface area contributed by atoms with Crippen molar-refractivity contribution < 1.29 is 9.53 Å². The molecule has 20 heavy (non-hydrogen) atoms. The van der Waals surface area contributed by atoms with Crippen LogP contribution in [0.3, 0.4) is 0 Å². The fourth-order valence-electron chi connectivity index (χ4n) is 2.63. The zero-order valence-corrected chi connectivity index (χ0v) is 12.6. The monoisotopic (exact) mass is 275 g/mol. The summed E-state index contributed by atoms with van der Waals surface area (Å²) in [7, 11) is 0. The van der Waals surface area contributed by atoms with Crippen LogP contribution in [0.15, 0.2) is 24.3 Å². The van der Waals surface area contributed by atoms with Gasteiger partial charge in [-0.2, -0.15) is 0 Å². The number of ether oxygens (including phenoxy) is 1. The Hall–Kier alpha value is -1.51. The van der Waals surface area contributed by atoms with E-state index in [2.05, 4.69) is 26.0 Å². The van der Waals surface area contributed by atoms with Crippen molar-refractivity contribution in [1.82, 2.24) is 4.90 Å². The molecule has 2 rings (SSSR count). The Morgan fingerprint density at radius 2 is 2.05 bits per heavy atom. The Kier molecular flexibility index (Phi) is 5.45. The van der Waals surface area contributed by atoms with E-state index in [-0.39, 0.29) is 6.10 Å². The lowest BCUT2D eigenvalue weighted by Crippen LogP contribution is -2.41. The zero-order chi connectivity index (χ0) is 14.4. The molecule has 0 unspecified atom stereocenters. The molecule has 0 saturated carbocycles. The van der Waals surface area contributed by atoms with E-state index in [0.717, 1.165) is 44.5 Å². The number of piperidine rings is 1. The molecule has 0 radical (unpaired) electrons. The van der Waals surface area contributed by atoms with E-state index in [1.807, 2.05) is 17.0 Å². The molecule has 0 aliphatic carbocycles. The predicted molar refractivity (Wildman–Crippen MR) is 81.0 cm³/mol. The zero-order valence-electron chi connectivity index (χ0n) is 12.6. The van der Waals surface area contributed by atoms with E-state index < -0.39 is 0 Å². The third kappa shape index (κ3) is 3.99. The summed E-state index contributed by atoms with van der Waals surface area (Å²) < 4.78 is 6.05. The summed E-state index contributed by atoms with van der Waals surface area (Å²) in [6.45, 7) is 5.86. The normalized spacial score (nSPS) is 16.2. The van der Waals surface area contributed by atoms with Gasteiger partial charge in [0.2, 0.25) is 5.91 Å². The number of benzene rings is 1. The fourth-order valence-corrected chi connectivity index (χ4v) is 2.63. The van der Waals surface area contributed by atoms with Crippen molar-refractivity contribution >= 4 is 5.91 Å². The first kappa shape index (κ1) is 14.9. The summed E-state index contributed by atoms with van der Waals surface area (Å²) in [6.07, 6.45) is 4.75. The standard InChI is InChI=1S/C17H25NO2/c1-3-6-17(19)18-11-9-15(10-12-18)20-16-8-5-7-14(4-2)13-16/h5,7-8,13,15H,3-4,6,9-12H2,1-2H3. The van der Waals surface area contributed by atoms with Gasteiger partial charge in [-0.25, -0.2) is 0 Å². The van der Waals surface area contributed by atoms with Crippen molar-refractivity contribution in [2.45, 2.75) is 52.1 Å². The quantitative estimate of drug-likeness (QED) is 0.824. The molecule has 0 aromatic heterocycles. The van der Waals surface area contributed by atoms with Crippen molar-refractivity contribution in [2.24, 2.45) is 0 Å². The molecule has 0 spiro atoms. The van der Waals surface area contributed by atoms with Gasteiger partial charge in [0.05, 0.1) is 0 Å². The van der Waals surface area contributed by atoms with Crippen LogP contribution in [0.1, 0.15) is 45.1 Å². The minimum absolute atomic E-state index is 0.243. The number of hydrogen-bond acceptors (Lipinski definition) is 2. The minimum atomic E-state index is 0.243. The van der Waals surface area contributed by atoms with Gasteiger partial charge in [-0.3, -0.25) is 4.79 Å². The Labute approximate surface area is 121 Å². The van der Waals surface area contributed by atoms with Gasteiger partial charge in [-0.15, -0.1) is 0 Å². The summed E-state index contributed by atoms with van der Waals surface area (Å²) in [5.74, 6) is 1.25. The van der Waals surface area contributed by atoms with Crippen LogP contribution in [-0.4, -0.2) is 30.0 Å². The number of rotatable bonds is 5. The number of aryl methyl sites for hydroxylation is 1. The van der Waals surface area contributed by atoms with Crippen LogP contribution in [0.5, 0.6) is 5.75 Å². The lowest BCUT2D eigenvalue weighted by atomic mass is 10.1. The molecule has 1 aliphatic rings. The van der Waals surface area contributed by atoms with E-state index >= 15 is 0 Å². The molecular formula is C17H25NO2. The molecule has 1 saturated heterocycles. The first-order valence-corrected chi connectivity index (χ1v) is 7.76. The topological polar surface area (TPSA) is 29.5 Å². The Morgan fingerprint density at radius 1 is 1.30 bits per heavy atom. The highest BCUT2D eigenvalue weighted by Crippen LogP contribution is 2.20. The lowest BCUT2D eigenvalue weighted by Gasteiger charge is -2.32. The average molecular weight is 275 g/mol. The van der Waals surface area contributed by atoms with Crippen LogP contribution in [-0.2, 0) is 11.2 Å². The van der Waals surface area contributed by atoms with Gasteiger partial charge < -0.3 is 9.64 Å². The highest BCUT2D eigenvalue weighted by Gasteiger charge is 2.23. The third-order valence-corrected chi connectivity index (χ3v) is 3.87. The molecule has 110 valence electrons. The van der Waals surface area contributed by atoms with Crippen LogP contribution < -0.4 is 4.74 Å². The van der Waals surface area contributed by atoms with Crippen LogP contribution in [0, 0.1) is 0 Å². The van der Waals surface area contributed by atoms with Gasteiger partial charge in [0.1, 0.15) is 11.9 Å². The van der Waals surface area contributed by atoms with Crippen LogP contribution >= 0.6 is 0 Å². The first-order valence-electron chi connectivity index (χ1n) is 7.76. The number of nitrogens with zero attached hydrogens (tertiary/aromatic N) is 1. The summed E-state index contributed by atoms with van der Waals surface area (Å²) in [5, 5.41) is 0. The van der Waals surface area contributed by atoms with Gasteiger partial charge in [0.15, 0.2) is 0 Å². The maximum absolute atomic E-state index is 11.8. The minimum Gasteiger partial charge on any atom is -0.490 e. The SMILES string of the molecule is CCCC(=O)N1CCC(Oc2cccc(CC)c2)CC1. The number of amides is 1. The largest absolute Gasteiger partial charge is 0.490 e. The predicted octanol–water partition coefficient (Wildman–Crippen LogP) is 3.42. The highest BCUT2D eigenvalue weighted by molar-refractivity contribution is 5.76. The van der Waals surface area contributed by atoms with Gasteiger partial charge in [0.25, 0.3) is 0 Å². The van der Waals surface area contributed by atoms with Crippen molar-refractivity contribution in [1.29, 1.82) is 0 Å². The second-order valence-electron chi connectivity index (χ2n) is 5.45. The molecule has 3 heteroatoms. The summed E-state index contributed by atoms with van der Waals surface area (Å²) >= 11 is 0.